The van der Waals surface area contributed by atoms with Crippen LogP contribution in [0.5, 0.6) is 11.5 Å². The minimum atomic E-state index is -0.138. The Hall–Kier alpha value is -3.25. The summed E-state index contributed by atoms with van der Waals surface area (Å²) in [6.07, 6.45) is 4.15. The van der Waals surface area contributed by atoms with Crippen LogP contribution in [0.4, 0.5) is 0 Å². The molecule has 6 nitrogen and oxygen atoms in total. The number of allylic oxidation sites excluding steroid dienone is 1. The van der Waals surface area contributed by atoms with E-state index in [4.69, 9.17) is 18.6 Å². The summed E-state index contributed by atoms with van der Waals surface area (Å²) in [7, 11) is 3.30. The first-order valence-corrected chi connectivity index (χ1v) is 10.8. The third kappa shape index (κ3) is 5.14. The van der Waals surface area contributed by atoms with Gasteiger partial charge in [0, 0.05) is 48.4 Å². The Bertz CT molecular complexity index is 1100. The molecule has 0 radical (unpaired) electrons. The number of carbonyl (C=O) groups is 1. The van der Waals surface area contributed by atoms with Crippen LogP contribution in [0.3, 0.4) is 0 Å². The third-order valence-corrected chi connectivity index (χ3v) is 5.33. The first-order chi connectivity index (χ1) is 15.5. The van der Waals surface area contributed by atoms with Gasteiger partial charge in [-0.05, 0) is 56.5 Å². The van der Waals surface area contributed by atoms with Gasteiger partial charge in [0.1, 0.15) is 17.1 Å². The Morgan fingerprint density at radius 2 is 1.94 bits per heavy atom. The molecule has 2 aromatic carbocycles. The zero-order valence-corrected chi connectivity index (χ0v) is 19.4. The van der Waals surface area contributed by atoms with E-state index in [0.29, 0.717) is 19.8 Å². The molecule has 0 spiro atoms. The van der Waals surface area contributed by atoms with Crippen molar-refractivity contribution in [2.24, 2.45) is 0 Å². The summed E-state index contributed by atoms with van der Waals surface area (Å²) in [4.78, 5) is 12.4. The number of amides is 1. The second kappa shape index (κ2) is 10.9. The molecule has 32 heavy (non-hydrogen) atoms. The average molecular weight is 438 g/mol. The highest BCUT2D eigenvalue weighted by Crippen LogP contribution is 2.41. The van der Waals surface area contributed by atoms with Gasteiger partial charge in [-0.15, -0.1) is 0 Å². The van der Waals surface area contributed by atoms with E-state index < -0.39 is 0 Å². The summed E-state index contributed by atoms with van der Waals surface area (Å²) < 4.78 is 22.2. The van der Waals surface area contributed by atoms with Crippen LogP contribution in [-0.4, -0.2) is 39.9 Å². The highest BCUT2D eigenvalue weighted by molar-refractivity contribution is 6.01. The number of ether oxygens (including phenoxy) is 3. The van der Waals surface area contributed by atoms with E-state index in [1.807, 2.05) is 51.1 Å². The number of methoxy groups -OCH3 is 2. The zero-order valence-electron chi connectivity index (χ0n) is 19.4. The lowest BCUT2D eigenvalue weighted by atomic mass is 9.96. The van der Waals surface area contributed by atoms with Crippen LogP contribution >= 0.6 is 0 Å². The molecule has 0 aliphatic rings. The van der Waals surface area contributed by atoms with Gasteiger partial charge in [-0.1, -0.05) is 12.1 Å². The fraction of sp³-hybridized carbons (Fsp3) is 0.346. The highest BCUT2D eigenvalue weighted by atomic mass is 16.5. The lowest BCUT2D eigenvalue weighted by molar-refractivity contribution is -0.116. The van der Waals surface area contributed by atoms with Gasteiger partial charge in [-0.3, -0.25) is 4.79 Å². The van der Waals surface area contributed by atoms with Gasteiger partial charge in [0.2, 0.25) is 5.91 Å². The van der Waals surface area contributed by atoms with E-state index >= 15 is 0 Å². The van der Waals surface area contributed by atoms with Gasteiger partial charge in [-0.25, -0.2) is 0 Å². The van der Waals surface area contributed by atoms with E-state index in [0.717, 1.165) is 56.7 Å². The van der Waals surface area contributed by atoms with Gasteiger partial charge >= 0.3 is 0 Å². The van der Waals surface area contributed by atoms with Gasteiger partial charge in [0.25, 0.3) is 0 Å². The van der Waals surface area contributed by atoms with Crippen LogP contribution < -0.4 is 14.8 Å². The molecule has 0 atom stereocenters. The van der Waals surface area contributed by atoms with E-state index in [2.05, 4.69) is 5.32 Å². The summed E-state index contributed by atoms with van der Waals surface area (Å²) in [6.45, 7) is 7.54. The maximum Gasteiger partial charge on any atom is 0.244 e. The number of aryl methyl sites for hydroxylation is 1. The van der Waals surface area contributed by atoms with Crippen molar-refractivity contribution < 1.29 is 23.4 Å². The van der Waals surface area contributed by atoms with Crippen LogP contribution in [0, 0.1) is 6.92 Å². The molecular formula is C26H31NO5. The summed E-state index contributed by atoms with van der Waals surface area (Å²) in [5.74, 6) is 1.39. The maximum atomic E-state index is 12.4. The van der Waals surface area contributed by atoms with Gasteiger partial charge < -0.3 is 23.9 Å². The standard InChI is InChI=1S/C26H31NO5/c1-6-31-25-18(3)26-22(23(16-32-26)19-8-10-20(30-5)11-9-19)15-21(25)17(2)14-24(28)27-12-7-13-29-4/h8-11,14-16H,6-7,12-13H2,1-5H3,(H,27,28)/b17-14+. The highest BCUT2D eigenvalue weighted by Gasteiger charge is 2.19. The van der Waals surface area contributed by atoms with Gasteiger partial charge in [0.15, 0.2) is 0 Å². The SMILES string of the molecule is CCOc1c(/C(C)=C/C(=O)NCCCOC)cc2c(-c3ccc(OC)cc3)coc2c1C. The van der Waals surface area contributed by atoms with Crippen molar-refractivity contribution in [2.75, 3.05) is 34.0 Å². The van der Waals surface area contributed by atoms with Gasteiger partial charge in [0.05, 0.1) is 20.0 Å². The van der Waals surface area contributed by atoms with Crippen molar-refractivity contribution in [1.29, 1.82) is 0 Å². The molecule has 3 aromatic rings. The normalized spacial score (nSPS) is 11.6. The molecule has 0 bridgehead atoms. The Kier molecular flexibility index (Phi) is 7.95. The molecule has 0 saturated heterocycles. The van der Waals surface area contributed by atoms with Crippen LogP contribution in [0.25, 0.3) is 27.7 Å². The third-order valence-electron chi connectivity index (χ3n) is 5.33. The quantitative estimate of drug-likeness (QED) is 0.341. The molecule has 1 amide bonds. The minimum absolute atomic E-state index is 0.138. The van der Waals surface area contributed by atoms with Crippen molar-refractivity contribution in [3.05, 3.63) is 53.8 Å². The van der Waals surface area contributed by atoms with Gasteiger partial charge in [-0.2, -0.15) is 0 Å². The smallest absolute Gasteiger partial charge is 0.244 e. The fourth-order valence-corrected chi connectivity index (χ4v) is 3.69. The van der Waals surface area contributed by atoms with Crippen molar-refractivity contribution in [1.82, 2.24) is 5.32 Å². The van der Waals surface area contributed by atoms with E-state index in [-0.39, 0.29) is 5.91 Å². The molecule has 3 rings (SSSR count). The molecule has 0 fully saturated rings. The second-order valence-electron chi connectivity index (χ2n) is 7.53. The lowest BCUT2D eigenvalue weighted by Gasteiger charge is -2.15. The van der Waals surface area contributed by atoms with Crippen molar-refractivity contribution in [2.45, 2.75) is 27.2 Å². The number of hydrogen-bond acceptors (Lipinski definition) is 5. The van der Waals surface area contributed by atoms with E-state index in [9.17, 15) is 4.79 Å². The first-order valence-electron chi connectivity index (χ1n) is 10.8. The summed E-state index contributed by atoms with van der Waals surface area (Å²) in [6, 6.07) is 9.90. The molecule has 0 aliphatic heterocycles. The zero-order chi connectivity index (χ0) is 23.1. The van der Waals surface area contributed by atoms with E-state index in [1.165, 1.54) is 0 Å². The molecule has 1 N–H and O–H groups in total. The molecule has 0 aliphatic carbocycles. The average Bonchev–Trinajstić information content (AvgIpc) is 3.23. The number of benzene rings is 2. The molecule has 0 saturated carbocycles. The monoisotopic (exact) mass is 437 g/mol. The van der Waals surface area contributed by atoms with Crippen molar-refractivity contribution in [3.63, 3.8) is 0 Å². The number of carbonyl (C=O) groups excluding carboxylic acids is 1. The number of hydrogen-bond donors (Lipinski definition) is 1. The number of rotatable bonds is 10. The Balaban J connectivity index is 2.02. The largest absolute Gasteiger partial charge is 0.497 e. The van der Waals surface area contributed by atoms with Crippen molar-refractivity contribution >= 4 is 22.4 Å². The van der Waals surface area contributed by atoms with Crippen LogP contribution in [0.2, 0.25) is 0 Å². The van der Waals surface area contributed by atoms with Crippen LogP contribution in [0.1, 0.15) is 31.4 Å². The van der Waals surface area contributed by atoms with Crippen LogP contribution in [-0.2, 0) is 9.53 Å². The Labute approximate surface area is 189 Å². The molecule has 1 heterocycles. The molecular weight excluding hydrogens is 406 g/mol. The Morgan fingerprint density at radius 1 is 1.19 bits per heavy atom. The molecule has 170 valence electrons. The fourth-order valence-electron chi connectivity index (χ4n) is 3.69. The second-order valence-corrected chi connectivity index (χ2v) is 7.53. The maximum absolute atomic E-state index is 12.4. The first kappa shape index (κ1) is 23.4. The molecule has 1 aromatic heterocycles. The lowest BCUT2D eigenvalue weighted by Crippen LogP contribution is -2.23. The Morgan fingerprint density at radius 3 is 2.59 bits per heavy atom. The summed E-state index contributed by atoms with van der Waals surface area (Å²) >= 11 is 0. The number of furan rings is 1. The predicted octanol–water partition coefficient (Wildman–Crippen LogP) is 5.37. The topological polar surface area (TPSA) is 69.9 Å². The van der Waals surface area contributed by atoms with Crippen molar-refractivity contribution in [3.8, 4) is 22.6 Å². The summed E-state index contributed by atoms with van der Waals surface area (Å²) in [5.41, 5.74) is 5.39. The summed E-state index contributed by atoms with van der Waals surface area (Å²) in [5, 5.41) is 3.87. The van der Waals surface area contributed by atoms with Crippen LogP contribution in [0.15, 0.2) is 47.1 Å². The van der Waals surface area contributed by atoms with E-state index in [1.54, 1.807) is 26.6 Å². The molecule has 6 heteroatoms. The number of fused-ring (bicyclic) bond motifs is 1. The molecule has 0 unspecified atom stereocenters. The minimum Gasteiger partial charge on any atom is -0.497 e. The predicted molar refractivity (Wildman–Crippen MR) is 127 cm³/mol. The number of nitrogens with one attached hydrogen (secondary N) is 1.